The minimum atomic E-state index is -0.801. The Morgan fingerprint density at radius 3 is 2.06 bits per heavy atom. The van der Waals surface area contributed by atoms with E-state index in [2.05, 4.69) is 0 Å². The lowest BCUT2D eigenvalue weighted by atomic mass is 9.93. The zero-order valence-corrected chi connectivity index (χ0v) is 12.4. The van der Waals surface area contributed by atoms with Crippen molar-refractivity contribution in [2.75, 3.05) is 7.05 Å². The van der Waals surface area contributed by atoms with E-state index in [-0.39, 0.29) is 5.78 Å². The van der Waals surface area contributed by atoms with Crippen LogP contribution in [-0.2, 0) is 9.53 Å². The first kappa shape index (κ1) is 15.0. The van der Waals surface area contributed by atoms with Gasteiger partial charge in [-0.3, -0.25) is 9.69 Å². The van der Waals surface area contributed by atoms with Crippen molar-refractivity contribution in [2.24, 2.45) is 5.92 Å². The van der Waals surface area contributed by atoms with E-state index in [4.69, 9.17) is 4.74 Å². The second-order valence-electron chi connectivity index (χ2n) is 6.67. The molecule has 0 heterocycles. The van der Waals surface area contributed by atoms with Crippen LogP contribution in [0.5, 0.6) is 0 Å². The number of ether oxygens (including phenoxy) is 1. The second kappa shape index (κ2) is 4.90. The number of carbonyl (C=O) groups excluding carboxylic acids is 2. The van der Waals surface area contributed by atoms with Crippen molar-refractivity contribution in [1.82, 2.24) is 4.90 Å². The normalized spacial score (nSPS) is 16.3. The molecule has 1 aliphatic carbocycles. The Labute approximate surface area is 110 Å². The number of amides is 1. The minimum absolute atomic E-state index is 0.110. The topological polar surface area (TPSA) is 46.6 Å². The summed E-state index contributed by atoms with van der Waals surface area (Å²) in [6.07, 6.45) is 2.40. The Morgan fingerprint density at radius 1 is 1.17 bits per heavy atom. The number of hydrogen-bond acceptors (Lipinski definition) is 3. The van der Waals surface area contributed by atoms with Gasteiger partial charge in [0.05, 0.1) is 5.54 Å². The number of hydrogen-bond donors (Lipinski definition) is 0. The summed E-state index contributed by atoms with van der Waals surface area (Å²) in [6.45, 7) is 9.01. The van der Waals surface area contributed by atoms with Crippen LogP contribution in [0, 0.1) is 5.92 Å². The van der Waals surface area contributed by atoms with Gasteiger partial charge in [-0.15, -0.1) is 0 Å². The molecule has 4 heteroatoms. The summed E-state index contributed by atoms with van der Waals surface area (Å²) in [6, 6.07) is 0. The fourth-order valence-corrected chi connectivity index (χ4v) is 1.58. The third kappa shape index (κ3) is 4.00. The summed E-state index contributed by atoms with van der Waals surface area (Å²) in [5.74, 6) is 0.641. The van der Waals surface area contributed by atoms with E-state index in [1.54, 1.807) is 20.9 Å². The van der Waals surface area contributed by atoms with Crippen LogP contribution in [0.4, 0.5) is 4.79 Å². The van der Waals surface area contributed by atoms with E-state index >= 15 is 0 Å². The lowest BCUT2D eigenvalue weighted by molar-refractivity contribution is -0.128. The van der Waals surface area contributed by atoms with Crippen LogP contribution < -0.4 is 0 Å². The molecule has 0 aliphatic heterocycles. The van der Waals surface area contributed by atoms with Crippen molar-refractivity contribution in [3.05, 3.63) is 0 Å². The molecule has 0 bridgehead atoms. The number of nitrogens with zero attached hydrogens (tertiary/aromatic N) is 1. The average molecular weight is 255 g/mol. The second-order valence-corrected chi connectivity index (χ2v) is 6.67. The van der Waals surface area contributed by atoms with Crippen molar-refractivity contribution in [2.45, 2.75) is 65.0 Å². The number of likely N-dealkylation sites (N-methyl/N-ethyl adjacent to an activating group) is 1. The molecule has 18 heavy (non-hydrogen) atoms. The Hall–Kier alpha value is -1.06. The predicted molar refractivity (Wildman–Crippen MR) is 70.4 cm³/mol. The molecule has 1 aliphatic rings. The van der Waals surface area contributed by atoms with Crippen molar-refractivity contribution in [3.8, 4) is 0 Å². The van der Waals surface area contributed by atoms with Crippen LogP contribution in [0.3, 0.4) is 0 Å². The van der Waals surface area contributed by atoms with Crippen LogP contribution in [0.15, 0.2) is 0 Å². The van der Waals surface area contributed by atoms with Gasteiger partial charge < -0.3 is 4.74 Å². The first-order chi connectivity index (χ1) is 8.04. The zero-order valence-electron chi connectivity index (χ0n) is 12.4. The third-order valence-corrected chi connectivity index (χ3v) is 3.36. The molecule has 1 amide bonds. The molecule has 0 saturated heterocycles. The largest absolute Gasteiger partial charge is 0.444 e. The van der Waals surface area contributed by atoms with E-state index in [1.165, 1.54) is 4.90 Å². The predicted octanol–water partition coefficient (Wildman–Crippen LogP) is 3.00. The Balaban J connectivity index is 2.64. The summed E-state index contributed by atoms with van der Waals surface area (Å²) in [5, 5.41) is 0. The van der Waals surface area contributed by atoms with Gasteiger partial charge in [0.25, 0.3) is 0 Å². The molecule has 0 aromatic carbocycles. The van der Waals surface area contributed by atoms with E-state index in [1.807, 2.05) is 20.8 Å². The van der Waals surface area contributed by atoms with Crippen LogP contribution in [0.25, 0.3) is 0 Å². The smallest absolute Gasteiger partial charge is 0.410 e. The highest BCUT2D eigenvalue weighted by Gasteiger charge is 2.39. The molecule has 104 valence electrons. The number of ketones is 1. The molecule has 1 rings (SSSR count). The quantitative estimate of drug-likeness (QED) is 0.775. The van der Waals surface area contributed by atoms with Gasteiger partial charge >= 0.3 is 6.09 Å². The lowest BCUT2D eigenvalue weighted by Crippen LogP contribution is -2.52. The Bertz CT molecular complexity index is 337. The SMILES string of the molecule is CN(C(=O)OC(C)(C)C)C(C)(C)C(=O)CC1CC1. The molecule has 0 unspecified atom stereocenters. The Morgan fingerprint density at radius 2 is 1.67 bits per heavy atom. The van der Waals surface area contributed by atoms with Gasteiger partial charge in [-0.05, 0) is 53.4 Å². The maximum absolute atomic E-state index is 12.2. The van der Waals surface area contributed by atoms with E-state index in [9.17, 15) is 9.59 Å². The number of carbonyl (C=O) groups is 2. The van der Waals surface area contributed by atoms with Crippen LogP contribution in [0.2, 0.25) is 0 Å². The molecule has 1 fully saturated rings. The molecule has 1 saturated carbocycles. The molecule has 4 nitrogen and oxygen atoms in total. The first-order valence-electron chi connectivity index (χ1n) is 6.54. The summed E-state index contributed by atoms with van der Waals surface area (Å²) < 4.78 is 5.29. The first-order valence-corrected chi connectivity index (χ1v) is 6.54. The van der Waals surface area contributed by atoms with Crippen molar-refractivity contribution >= 4 is 11.9 Å². The van der Waals surface area contributed by atoms with Crippen molar-refractivity contribution < 1.29 is 14.3 Å². The standard InChI is InChI=1S/C14H25NO3/c1-13(2,3)18-12(17)15(6)14(4,5)11(16)9-10-7-8-10/h10H,7-9H2,1-6H3. The van der Waals surface area contributed by atoms with Gasteiger partial charge in [0.2, 0.25) is 0 Å². The fourth-order valence-electron chi connectivity index (χ4n) is 1.58. The molecular weight excluding hydrogens is 230 g/mol. The monoisotopic (exact) mass is 255 g/mol. The molecule has 0 atom stereocenters. The molecule has 0 N–H and O–H groups in total. The van der Waals surface area contributed by atoms with Gasteiger partial charge in [0.15, 0.2) is 5.78 Å². The zero-order chi connectivity index (χ0) is 14.1. The average Bonchev–Trinajstić information content (AvgIpc) is 2.97. The minimum Gasteiger partial charge on any atom is -0.444 e. The molecule has 0 aromatic rings. The third-order valence-electron chi connectivity index (χ3n) is 3.36. The van der Waals surface area contributed by atoms with Crippen LogP contribution >= 0.6 is 0 Å². The van der Waals surface area contributed by atoms with E-state index in [0.717, 1.165) is 12.8 Å². The molecule has 0 aromatic heterocycles. The van der Waals surface area contributed by atoms with E-state index < -0.39 is 17.2 Å². The lowest BCUT2D eigenvalue weighted by Gasteiger charge is -2.35. The fraction of sp³-hybridized carbons (Fsp3) is 0.857. The van der Waals surface area contributed by atoms with Gasteiger partial charge in [0.1, 0.15) is 5.60 Å². The molecular formula is C14H25NO3. The van der Waals surface area contributed by atoms with Crippen molar-refractivity contribution in [3.63, 3.8) is 0 Å². The number of rotatable bonds is 4. The van der Waals surface area contributed by atoms with Crippen LogP contribution in [-0.4, -0.2) is 35.0 Å². The van der Waals surface area contributed by atoms with Gasteiger partial charge in [-0.1, -0.05) is 0 Å². The number of Topliss-reactive ketones (excluding diaryl/α,β-unsaturated/α-hetero) is 1. The van der Waals surface area contributed by atoms with Gasteiger partial charge in [-0.2, -0.15) is 0 Å². The maximum Gasteiger partial charge on any atom is 0.410 e. The van der Waals surface area contributed by atoms with Gasteiger partial charge in [0, 0.05) is 13.5 Å². The highest BCUT2D eigenvalue weighted by Crippen LogP contribution is 2.34. The highest BCUT2D eigenvalue weighted by molar-refractivity contribution is 5.91. The molecule has 0 spiro atoms. The highest BCUT2D eigenvalue weighted by atomic mass is 16.6. The summed E-state index contributed by atoms with van der Waals surface area (Å²) >= 11 is 0. The summed E-state index contributed by atoms with van der Waals surface area (Å²) in [7, 11) is 1.62. The van der Waals surface area contributed by atoms with Crippen LogP contribution in [0.1, 0.15) is 53.9 Å². The van der Waals surface area contributed by atoms with Crippen molar-refractivity contribution in [1.29, 1.82) is 0 Å². The van der Waals surface area contributed by atoms with Gasteiger partial charge in [-0.25, -0.2) is 4.79 Å². The Kier molecular flexibility index (Phi) is 4.08. The summed E-state index contributed by atoms with van der Waals surface area (Å²) in [4.78, 5) is 25.5. The summed E-state index contributed by atoms with van der Waals surface area (Å²) in [5.41, 5.74) is -1.34. The van der Waals surface area contributed by atoms with E-state index in [0.29, 0.717) is 12.3 Å². The maximum atomic E-state index is 12.2. The molecule has 0 radical (unpaired) electrons.